The number of aromatic nitrogens is 2. The molecule has 2 unspecified atom stereocenters. The van der Waals surface area contributed by atoms with Gasteiger partial charge in [0.15, 0.2) is 11.9 Å². The average molecular weight is 372 g/mol. The standard InChI is InChI=1S/C20H18F2N2O3/c1-12(18-23-15-7-3-4-8-16(15)24(18)20(21)22)27-19(25)14-10-13-6-2-5-9-17(13)26-11-14/h2-9,12,14,20H,10-11H2,1H3. The zero-order valence-corrected chi connectivity index (χ0v) is 14.6. The number of carbonyl (C=O) groups excluding carboxylic acids is 1. The van der Waals surface area contributed by atoms with Crippen molar-refractivity contribution in [3.05, 3.63) is 59.9 Å². The molecule has 7 heteroatoms. The highest BCUT2D eigenvalue weighted by molar-refractivity contribution is 5.77. The van der Waals surface area contributed by atoms with Gasteiger partial charge in [0.05, 0.1) is 17.0 Å². The van der Waals surface area contributed by atoms with E-state index in [0.29, 0.717) is 17.5 Å². The molecule has 27 heavy (non-hydrogen) atoms. The number of carbonyl (C=O) groups is 1. The predicted molar refractivity (Wildman–Crippen MR) is 94.6 cm³/mol. The van der Waals surface area contributed by atoms with Crippen molar-refractivity contribution in [3.63, 3.8) is 0 Å². The lowest BCUT2D eigenvalue weighted by atomic mass is 9.97. The van der Waals surface area contributed by atoms with Crippen LogP contribution >= 0.6 is 0 Å². The fourth-order valence-corrected chi connectivity index (χ4v) is 3.36. The van der Waals surface area contributed by atoms with Gasteiger partial charge >= 0.3 is 12.5 Å². The summed E-state index contributed by atoms with van der Waals surface area (Å²) < 4.78 is 39.0. The van der Waals surface area contributed by atoms with Gasteiger partial charge in [-0.05, 0) is 37.1 Å². The van der Waals surface area contributed by atoms with Crippen molar-refractivity contribution in [1.29, 1.82) is 0 Å². The molecule has 0 spiro atoms. The highest BCUT2D eigenvalue weighted by Crippen LogP contribution is 2.31. The van der Waals surface area contributed by atoms with E-state index in [2.05, 4.69) is 4.98 Å². The third-order valence-corrected chi connectivity index (χ3v) is 4.69. The second-order valence-electron chi connectivity index (χ2n) is 6.51. The zero-order chi connectivity index (χ0) is 19.0. The van der Waals surface area contributed by atoms with Crippen molar-refractivity contribution in [2.45, 2.75) is 26.0 Å². The van der Waals surface area contributed by atoms with E-state index in [9.17, 15) is 13.6 Å². The Hall–Kier alpha value is -2.96. The summed E-state index contributed by atoms with van der Waals surface area (Å²) in [6, 6.07) is 14.1. The Morgan fingerprint density at radius 1 is 1.22 bits per heavy atom. The van der Waals surface area contributed by atoms with Gasteiger partial charge in [0.2, 0.25) is 0 Å². The van der Waals surface area contributed by atoms with Crippen LogP contribution in [0.3, 0.4) is 0 Å². The Bertz CT molecular complexity index is 986. The van der Waals surface area contributed by atoms with Crippen molar-refractivity contribution in [2.24, 2.45) is 5.92 Å². The molecule has 0 radical (unpaired) electrons. The quantitative estimate of drug-likeness (QED) is 0.641. The number of hydrogen-bond acceptors (Lipinski definition) is 4. The van der Waals surface area contributed by atoms with Crippen LogP contribution in [0.5, 0.6) is 5.75 Å². The molecule has 0 saturated carbocycles. The maximum atomic E-state index is 13.6. The van der Waals surface area contributed by atoms with E-state index in [1.807, 2.05) is 24.3 Å². The first-order valence-corrected chi connectivity index (χ1v) is 8.71. The van der Waals surface area contributed by atoms with Gasteiger partial charge in [-0.15, -0.1) is 0 Å². The number of fused-ring (bicyclic) bond motifs is 2. The summed E-state index contributed by atoms with van der Waals surface area (Å²) in [5, 5.41) is 0. The number of halogens is 2. The average Bonchev–Trinajstić information content (AvgIpc) is 3.07. The van der Waals surface area contributed by atoms with Gasteiger partial charge in [-0.1, -0.05) is 30.3 Å². The number of ether oxygens (including phenoxy) is 2. The van der Waals surface area contributed by atoms with Crippen LogP contribution in [0.25, 0.3) is 11.0 Å². The molecule has 2 atom stereocenters. The maximum absolute atomic E-state index is 13.6. The number of alkyl halides is 2. The Kier molecular flexibility index (Phi) is 4.51. The number of esters is 1. The minimum Gasteiger partial charge on any atom is -0.492 e. The molecular weight excluding hydrogens is 354 g/mol. The minimum absolute atomic E-state index is 0.0247. The van der Waals surface area contributed by atoms with Gasteiger partial charge in [0.25, 0.3) is 0 Å². The van der Waals surface area contributed by atoms with Crippen molar-refractivity contribution >= 4 is 17.0 Å². The molecule has 140 valence electrons. The first-order chi connectivity index (χ1) is 13.0. The second-order valence-corrected chi connectivity index (χ2v) is 6.51. The minimum atomic E-state index is -2.78. The molecule has 0 aliphatic carbocycles. The molecule has 0 bridgehead atoms. The van der Waals surface area contributed by atoms with Crippen LogP contribution in [0.1, 0.15) is 31.0 Å². The van der Waals surface area contributed by atoms with Gasteiger partial charge in [-0.2, -0.15) is 8.78 Å². The van der Waals surface area contributed by atoms with Crippen LogP contribution in [-0.2, 0) is 16.0 Å². The smallest absolute Gasteiger partial charge is 0.320 e. The Balaban J connectivity index is 1.54. The summed E-state index contributed by atoms with van der Waals surface area (Å²) >= 11 is 0. The summed E-state index contributed by atoms with van der Waals surface area (Å²) in [5.41, 5.74) is 1.67. The maximum Gasteiger partial charge on any atom is 0.320 e. The predicted octanol–water partition coefficient (Wildman–Crippen LogP) is 4.29. The molecule has 1 aliphatic rings. The summed E-state index contributed by atoms with van der Waals surface area (Å²) in [4.78, 5) is 16.8. The second kappa shape index (κ2) is 6.98. The Morgan fingerprint density at radius 3 is 2.78 bits per heavy atom. The fraction of sp³-hybridized carbons (Fsp3) is 0.300. The molecular formula is C20H18F2N2O3. The molecule has 0 saturated heterocycles. The fourth-order valence-electron chi connectivity index (χ4n) is 3.36. The first-order valence-electron chi connectivity index (χ1n) is 8.71. The van der Waals surface area contributed by atoms with E-state index in [1.165, 1.54) is 0 Å². The van der Waals surface area contributed by atoms with Crippen LogP contribution < -0.4 is 4.74 Å². The van der Waals surface area contributed by atoms with Crippen LogP contribution in [0.4, 0.5) is 8.78 Å². The SMILES string of the molecule is CC(OC(=O)C1COc2ccccc2C1)c1nc2ccccc2n1C(F)F. The molecule has 2 heterocycles. The third kappa shape index (κ3) is 3.25. The summed E-state index contributed by atoms with van der Waals surface area (Å²) in [5.74, 6) is -0.178. The van der Waals surface area contributed by atoms with Crippen molar-refractivity contribution in [3.8, 4) is 5.75 Å². The topological polar surface area (TPSA) is 53.4 Å². The molecule has 0 fully saturated rings. The highest BCUT2D eigenvalue weighted by Gasteiger charge is 2.30. The van der Waals surface area contributed by atoms with Gasteiger partial charge in [-0.3, -0.25) is 9.36 Å². The molecule has 4 rings (SSSR count). The Morgan fingerprint density at radius 2 is 1.96 bits per heavy atom. The lowest BCUT2D eigenvalue weighted by Crippen LogP contribution is -2.30. The third-order valence-electron chi connectivity index (χ3n) is 4.69. The number of rotatable bonds is 4. The van der Waals surface area contributed by atoms with E-state index in [-0.39, 0.29) is 12.4 Å². The lowest BCUT2D eigenvalue weighted by molar-refractivity contribution is -0.155. The van der Waals surface area contributed by atoms with Crippen molar-refractivity contribution in [2.75, 3.05) is 6.61 Å². The zero-order valence-electron chi connectivity index (χ0n) is 14.6. The Labute approximate surface area is 154 Å². The molecule has 2 aromatic carbocycles. The summed E-state index contributed by atoms with van der Waals surface area (Å²) in [6.07, 6.45) is -0.413. The van der Waals surface area contributed by atoms with Crippen LogP contribution in [0.15, 0.2) is 48.5 Å². The van der Waals surface area contributed by atoms with E-state index in [1.54, 1.807) is 31.2 Å². The van der Waals surface area contributed by atoms with Crippen molar-refractivity contribution in [1.82, 2.24) is 9.55 Å². The molecule has 0 amide bonds. The molecule has 5 nitrogen and oxygen atoms in total. The lowest BCUT2D eigenvalue weighted by Gasteiger charge is -2.25. The van der Waals surface area contributed by atoms with Gasteiger partial charge in [0.1, 0.15) is 12.4 Å². The number of para-hydroxylation sites is 3. The first kappa shape index (κ1) is 17.5. The van der Waals surface area contributed by atoms with Gasteiger partial charge in [-0.25, -0.2) is 4.98 Å². The van der Waals surface area contributed by atoms with E-state index in [0.717, 1.165) is 15.9 Å². The number of imidazole rings is 1. The molecule has 1 aliphatic heterocycles. The largest absolute Gasteiger partial charge is 0.492 e. The van der Waals surface area contributed by atoms with Gasteiger partial charge in [0, 0.05) is 0 Å². The highest BCUT2D eigenvalue weighted by atomic mass is 19.3. The molecule has 3 aromatic rings. The van der Waals surface area contributed by atoms with E-state index >= 15 is 0 Å². The van der Waals surface area contributed by atoms with E-state index < -0.39 is 24.5 Å². The summed E-state index contributed by atoms with van der Waals surface area (Å²) in [6.45, 7) is -1.03. The molecule has 0 N–H and O–H groups in total. The van der Waals surface area contributed by atoms with Crippen LogP contribution in [-0.4, -0.2) is 22.1 Å². The monoisotopic (exact) mass is 372 g/mol. The van der Waals surface area contributed by atoms with Gasteiger partial charge < -0.3 is 9.47 Å². The number of nitrogens with zero attached hydrogens (tertiary/aromatic N) is 2. The van der Waals surface area contributed by atoms with E-state index in [4.69, 9.17) is 9.47 Å². The normalized spacial score (nSPS) is 17.4. The van der Waals surface area contributed by atoms with Crippen LogP contribution in [0.2, 0.25) is 0 Å². The summed E-state index contributed by atoms with van der Waals surface area (Å²) in [7, 11) is 0. The van der Waals surface area contributed by atoms with Crippen LogP contribution in [0, 0.1) is 5.92 Å². The number of benzene rings is 2. The number of hydrogen-bond donors (Lipinski definition) is 0. The molecule has 1 aromatic heterocycles. The van der Waals surface area contributed by atoms with Crippen molar-refractivity contribution < 1.29 is 23.0 Å².